The Hall–Kier alpha value is -1.26. The zero-order chi connectivity index (χ0) is 11.4. The van der Waals surface area contributed by atoms with Crippen LogP contribution in [-0.2, 0) is 4.79 Å². The van der Waals surface area contributed by atoms with Gasteiger partial charge in [-0.3, -0.25) is 4.79 Å². The summed E-state index contributed by atoms with van der Waals surface area (Å²) in [5, 5.41) is 9.00. The van der Waals surface area contributed by atoms with E-state index in [0.717, 1.165) is 0 Å². The summed E-state index contributed by atoms with van der Waals surface area (Å²) in [5.74, 6) is -0.391. The topological polar surface area (TPSA) is 72.5 Å². The second-order valence-corrected chi connectivity index (χ2v) is 3.51. The van der Waals surface area contributed by atoms with Crippen molar-refractivity contribution in [3.63, 3.8) is 0 Å². The van der Waals surface area contributed by atoms with Gasteiger partial charge in [0.15, 0.2) is 0 Å². The van der Waals surface area contributed by atoms with E-state index in [4.69, 9.17) is 27.2 Å². The molecule has 0 aliphatic carbocycles. The first kappa shape index (κ1) is 11.8. The van der Waals surface area contributed by atoms with Gasteiger partial charge in [-0.1, -0.05) is 17.7 Å². The molecule has 1 aromatic carbocycles. The van der Waals surface area contributed by atoms with Crippen molar-refractivity contribution < 1.29 is 14.6 Å². The standard InChI is InChI=1S/C10H12ClNO3/c1-15-9-3-2-6(4-7(9)11)8(12)5-10(13)14/h2-4,8H,5,12H2,1H3,(H,13,14). The minimum Gasteiger partial charge on any atom is -0.495 e. The number of methoxy groups -OCH3 is 1. The number of hydrogen-bond donors (Lipinski definition) is 2. The van der Waals surface area contributed by atoms with Crippen LogP contribution < -0.4 is 10.5 Å². The fourth-order valence-corrected chi connectivity index (χ4v) is 1.49. The number of nitrogens with two attached hydrogens (primary N) is 1. The number of carbonyl (C=O) groups is 1. The summed E-state index contributed by atoms with van der Waals surface area (Å²) in [6, 6.07) is 4.44. The SMILES string of the molecule is COc1ccc(C(N)CC(=O)O)cc1Cl. The normalized spacial score (nSPS) is 12.2. The summed E-state index contributed by atoms with van der Waals surface area (Å²) >= 11 is 5.88. The number of ether oxygens (including phenoxy) is 1. The van der Waals surface area contributed by atoms with Crippen LogP contribution in [0.25, 0.3) is 0 Å². The molecule has 0 aliphatic rings. The molecule has 4 nitrogen and oxygen atoms in total. The predicted octanol–water partition coefficient (Wildman–Crippen LogP) is 1.82. The van der Waals surface area contributed by atoms with Crippen LogP contribution in [0, 0.1) is 0 Å². The Balaban J connectivity index is 2.87. The number of aliphatic carboxylic acids is 1. The quantitative estimate of drug-likeness (QED) is 0.826. The molecule has 0 bridgehead atoms. The summed E-state index contributed by atoms with van der Waals surface area (Å²) < 4.78 is 4.97. The van der Waals surface area contributed by atoms with E-state index in [1.54, 1.807) is 18.2 Å². The maximum Gasteiger partial charge on any atom is 0.305 e. The van der Waals surface area contributed by atoms with Gasteiger partial charge >= 0.3 is 5.97 Å². The Morgan fingerprint density at radius 2 is 2.33 bits per heavy atom. The third-order valence-corrected chi connectivity index (χ3v) is 2.29. The smallest absolute Gasteiger partial charge is 0.305 e. The number of benzene rings is 1. The van der Waals surface area contributed by atoms with E-state index in [2.05, 4.69) is 0 Å². The van der Waals surface area contributed by atoms with Crippen molar-refractivity contribution in [2.45, 2.75) is 12.5 Å². The third kappa shape index (κ3) is 3.11. The molecule has 0 radical (unpaired) electrons. The van der Waals surface area contributed by atoms with Crippen molar-refractivity contribution in [3.05, 3.63) is 28.8 Å². The number of carboxylic acid groups (broad SMARTS) is 1. The Bertz CT molecular complexity index is 368. The van der Waals surface area contributed by atoms with Crippen LogP contribution in [0.5, 0.6) is 5.75 Å². The highest BCUT2D eigenvalue weighted by atomic mass is 35.5. The van der Waals surface area contributed by atoms with E-state index in [-0.39, 0.29) is 6.42 Å². The first-order chi connectivity index (χ1) is 7.04. The molecular weight excluding hydrogens is 218 g/mol. The predicted molar refractivity (Wildman–Crippen MR) is 57.2 cm³/mol. The van der Waals surface area contributed by atoms with Gasteiger partial charge in [0.25, 0.3) is 0 Å². The van der Waals surface area contributed by atoms with E-state index in [1.165, 1.54) is 7.11 Å². The molecule has 3 N–H and O–H groups in total. The highest BCUT2D eigenvalue weighted by molar-refractivity contribution is 6.32. The zero-order valence-corrected chi connectivity index (χ0v) is 8.99. The monoisotopic (exact) mass is 229 g/mol. The molecule has 0 spiro atoms. The lowest BCUT2D eigenvalue weighted by molar-refractivity contribution is -0.137. The highest BCUT2D eigenvalue weighted by Crippen LogP contribution is 2.27. The van der Waals surface area contributed by atoms with E-state index in [9.17, 15) is 4.79 Å². The molecule has 1 atom stereocenters. The molecule has 0 aliphatic heterocycles. The van der Waals surface area contributed by atoms with E-state index < -0.39 is 12.0 Å². The van der Waals surface area contributed by atoms with Gasteiger partial charge in [-0.15, -0.1) is 0 Å². The number of halogens is 1. The van der Waals surface area contributed by atoms with Crippen molar-refractivity contribution >= 4 is 17.6 Å². The minimum atomic E-state index is -0.936. The first-order valence-corrected chi connectivity index (χ1v) is 4.73. The lowest BCUT2D eigenvalue weighted by Crippen LogP contribution is -2.14. The Morgan fingerprint density at radius 1 is 1.67 bits per heavy atom. The molecule has 1 rings (SSSR count). The van der Waals surface area contributed by atoms with Crippen LogP contribution in [0.15, 0.2) is 18.2 Å². The van der Waals surface area contributed by atoms with Gasteiger partial charge in [-0.25, -0.2) is 0 Å². The molecule has 0 saturated heterocycles. The minimum absolute atomic E-state index is 0.122. The molecule has 0 heterocycles. The van der Waals surface area contributed by atoms with Crippen LogP contribution in [0.4, 0.5) is 0 Å². The Kier molecular flexibility index (Phi) is 3.94. The van der Waals surface area contributed by atoms with Gasteiger partial charge in [0, 0.05) is 6.04 Å². The van der Waals surface area contributed by atoms with E-state index in [1.807, 2.05) is 0 Å². The average molecular weight is 230 g/mol. The Morgan fingerprint density at radius 3 is 2.80 bits per heavy atom. The zero-order valence-electron chi connectivity index (χ0n) is 8.24. The molecule has 1 unspecified atom stereocenters. The fourth-order valence-electron chi connectivity index (χ4n) is 1.22. The molecule has 15 heavy (non-hydrogen) atoms. The van der Waals surface area contributed by atoms with Crippen molar-refractivity contribution in [2.24, 2.45) is 5.73 Å². The van der Waals surface area contributed by atoms with E-state index >= 15 is 0 Å². The van der Waals surface area contributed by atoms with Crippen LogP contribution in [0.1, 0.15) is 18.0 Å². The molecule has 1 aromatic rings. The maximum atomic E-state index is 10.5. The van der Waals surface area contributed by atoms with Crippen LogP contribution >= 0.6 is 11.6 Å². The van der Waals surface area contributed by atoms with Crippen LogP contribution in [0.3, 0.4) is 0 Å². The summed E-state index contributed by atoms with van der Waals surface area (Å²) in [6.07, 6.45) is -0.122. The summed E-state index contributed by atoms with van der Waals surface area (Å²) in [4.78, 5) is 10.5. The molecule has 82 valence electrons. The van der Waals surface area contributed by atoms with Gasteiger partial charge in [0.1, 0.15) is 5.75 Å². The summed E-state index contributed by atoms with van der Waals surface area (Å²) in [7, 11) is 1.51. The lowest BCUT2D eigenvalue weighted by atomic mass is 10.0. The van der Waals surface area contributed by atoms with Crippen molar-refractivity contribution in [1.82, 2.24) is 0 Å². The molecule has 5 heteroatoms. The number of carboxylic acids is 1. The first-order valence-electron chi connectivity index (χ1n) is 4.35. The third-order valence-electron chi connectivity index (χ3n) is 2.00. The second-order valence-electron chi connectivity index (χ2n) is 3.10. The fraction of sp³-hybridized carbons (Fsp3) is 0.300. The second kappa shape index (κ2) is 5.00. The van der Waals surface area contributed by atoms with Gasteiger partial charge < -0.3 is 15.6 Å². The van der Waals surface area contributed by atoms with Gasteiger partial charge in [0.2, 0.25) is 0 Å². The van der Waals surface area contributed by atoms with Gasteiger partial charge in [-0.2, -0.15) is 0 Å². The molecule has 0 saturated carbocycles. The number of rotatable bonds is 4. The summed E-state index contributed by atoms with van der Waals surface area (Å²) in [5.41, 5.74) is 6.36. The van der Waals surface area contributed by atoms with Gasteiger partial charge in [0.05, 0.1) is 18.6 Å². The average Bonchev–Trinajstić information content (AvgIpc) is 2.16. The number of hydrogen-bond acceptors (Lipinski definition) is 3. The molecular formula is C10H12ClNO3. The van der Waals surface area contributed by atoms with E-state index in [0.29, 0.717) is 16.3 Å². The van der Waals surface area contributed by atoms with Crippen molar-refractivity contribution in [3.8, 4) is 5.75 Å². The van der Waals surface area contributed by atoms with Crippen LogP contribution in [0.2, 0.25) is 5.02 Å². The van der Waals surface area contributed by atoms with Crippen molar-refractivity contribution in [2.75, 3.05) is 7.11 Å². The largest absolute Gasteiger partial charge is 0.495 e. The highest BCUT2D eigenvalue weighted by Gasteiger charge is 2.12. The maximum absolute atomic E-state index is 10.5. The van der Waals surface area contributed by atoms with Crippen molar-refractivity contribution in [1.29, 1.82) is 0 Å². The van der Waals surface area contributed by atoms with Crippen LogP contribution in [-0.4, -0.2) is 18.2 Å². The van der Waals surface area contributed by atoms with Gasteiger partial charge in [-0.05, 0) is 17.7 Å². The molecule has 0 amide bonds. The lowest BCUT2D eigenvalue weighted by Gasteiger charge is -2.11. The Labute approximate surface area is 92.6 Å². The molecule has 0 aromatic heterocycles. The summed E-state index contributed by atoms with van der Waals surface area (Å²) in [6.45, 7) is 0. The molecule has 0 fully saturated rings.